The van der Waals surface area contributed by atoms with Crippen molar-refractivity contribution in [1.82, 2.24) is 15.6 Å². The summed E-state index contributed by atoms with van der Waals surface area (Å²) in [5.74, 6) is 0.573. The van der Waals surface area contributed by atoms with Crippen molar-refractivity contribution in [2.75, 3.05) is 19.6 Å². The molecule has 0 spiro atoms. The average Bonchev–Trinajstić information content (AvgIpc) is 3.15. The van der Waals surface area contributed by atoms with Crippen molar-refractivity contribution < 1.29 is 9.21 Å². The molecule has 0 atom stereocenters. The zero-order chi connectivity index (χ0) is 14.7. The molecule has 0 unspecified atom stereocenters. The molecule has 2 N–H and O–H groups in total. The van der Waals surface area contributed by atoms with Gasteiger partial charge in [-0.25, -0.2) is 4.98 Å². The van der Waals surface area contributed by atoms with Gasteiger partial charge in [0, 0.05) is 18.0 Å². The molecule has 1 aliphatic rings. The molecule has 23 heavy (non-hydrogen) atoms. The van der Waals surface area contributed by atoms with Gasteiger partial charge < -0.3 is 15.1 Å². The predicted molar refractivity (Wildman–Crippen MR) is 97.0 cm³/mol. The second kappa shape index (κ2) is 9.08. The first kappa shape index (κ1) is 19.7. The number of thiazole rings is 1. The topological polar surface area (TPSA) is 67.2 Å². The van der Waals surface area contributed by atoms with Gasteiger partial charge in [-0.3, -0.25) is 4.79 Å². The normalized spacial score (nSPS) is 13.5. The van der Waals surface area contributed by atoms with E-state index in [1.54, 1.807) is 6.26 Å². The van der Waals surface area contributed by atoms with Crippen LogP contribution >= 0.6 is 36.2 Å². The van der Waals surface area contributed by atoms with Gasteiger partial charge >= 0.3 is 0 Å². The third-order valence-electron chi connectivity index (χ3n) is 3.38. The minimum absolute atomic E-state index is 0. The second-order valence-corrected chi connectivity index (χ2v) is 6.10. The summed E-state index contributed by atoms with van der Waals surface area (Å²) in [4.78, 5) is 17.5. The Hall–Kier alpha value is -1.34. The maximum absolute atomic E-state index is 12.3. The van der Waals surface area contributed by atoms with Crippen LogP contribution in [0, 0.1) is 6.92 Å². The Morgan fingerprint density at radius 2 is 2.30 bits per heavy atom. The number of aromatic nitrogens is 1. The Kier molecular flexibility index (Phi) is 7.78. The molecule has 0 radical (unpaired) electrons. The molecule has 8 heteroatoms. The molecule has 3 rings (SSSR count). The van der Waals surface area contributed by atoms with Crippen molar-refractivity contribution in [2.24, 2.45) is 0 Å². The molecular weight excluding hydrogens is 357 g/mol. The van der Waals surface area contributed by atoms with E-state index in [1.807, 2.05) is 19.1 Å². The molecule has 0 saturated carbocycles. The maximum atomic E-state index is 12.3. The fraction of sp³-hybridized carbons (Fsp3) is 0.333. The largest absolute Gasteiger partial charge is 0.462 e. The molecule has 5 nitrogen and oxygen atoms in total. The first-order valence-electron chi connectivity index (χ1n) is 6.92. The summed E-state index contributed by atoms with van der Waals surface area (Å²) in [6.45, 7) is 4.35. The van der Waals surface area contributed by atoms with Crippen LogP contribution in [0.2, 0.25) is 0 Å². The number of halogens is 2. The van der Waals surface area contributed by atoms with Crippen LogP contribution in [0.15, 0.2) is 34.5 Å². The van der Waals surface area contributed by atoms with E-state index in [2.05, 4.69) is 21.7 Å². The van der Waals surface area contributed by atoms with Crippen LogP contribution < -0.4 is 10.6 Å². The minimum Gasteiger partial charge on any atom is -0.462 e. The van der Waals surface area contributed by atoms with E-state index in [1.165, 1.54) is 16.9 Å². The van der Waals surface area contributed by atoms with Gasteiger partial charge in [0.1, 0.15) is 5.69 Å². The maximum Gasteiger partial charge on any atom is 0.271 e. The van der Waals surface area contributed by atoms with E-state index in [-0.39, 0.29) is 30.7 Å². The highest BCUT2D eigenvalue weighted by Crippen LogP contribution is 2.27. The molecule has 0 saturated heterocycles. The Bertz CT molecular complexity index is 668. The lowest BCUT2D eigenvalue weighted by atomic mass is 10.1. The zero-order valence-corrected chi connectivity index (χ0v) is 15.1. The van der Waals surface area contributed by atoms with Crippen molar-refractivity contribution in [3.8, 4) is 10.8 Å². The van der Waals surface area contributed by atoms with Crippen LogP contribution in [0.1, 0.15) is 21.8 Å². The molecular formula is C15H19Cl2N3O2S. The van der Waals surface area contributed by atoms with E-state index in [0.29, 0.717) is 18.0 Å². The first-order valence-corrected chi connectivity index (χ1v) is 7.74. The number of nitrogens with one attached hydrogen (secondary N) is 2. The third kappa shape index (κ3) is 4.81. The average molecular weight is 376 g/mol. The zero-order valence-electron chi connectivity index (χ0n) is 12.6. The summed E-state index contributed by atoms with van der Waals surface area (Å²) in [5, 5.41) is 6.94. The summed E-state index contributed by atoms with van der Waals surface area (Å²) in [6.07, 6.45) is 4.72. The summed E-state index contributed by atoms with van der Waals surface area (Å²) in [6, 6.07) is 3.66. The summed E-state index contributed by atoms with van der Waals surface area (Å²) >= 11 is 1.47. The van der Waals surface area contributed by atoms with E-state index in [0.717, 1.165) is 29.4 Å². The Balaban J connectivity index is 0.00000132. The van der Waals surface area contributed by atoms with Gasteiger partial charge in [-0.05, 0) is 32.0 Å². The summed E-state index contributed by atoms with van der Waals surface area (Å²) < 4.78 is 5.32. The molecule has 3 heterocycles. The number of aryl methyl sites for hydroxylation is 1. The number of carbonyl (C=O) groups is 1. The standard InChI is InChI=1S/C15H17N3O2S.2ClH/c1-10-13(18-15(21-10)12-3-2-8-20-12)14(19)17-9-11-4-6-16-7-5-11;;/h2-4,8,16H,5-7,9H2,1H3,(H,17,19);2*1H. The highest BCUT2D eigenvalue weighted by atomic mass is 35.5. The lowest BCUT2D eigenvalue weighted by Crippen LogP contribution is -2.30. The molecule has 1 amide bonds. The van der Waals surface area contributed by atoms with Crippen molar-refractivity contribution in [1.29, 1.82) is 0 Å². The van der Waals surface area contributed by atoms with E-state index < -0.39 is 0 Å². The fourth-order valence-electron chi connectivity index (χ4n) is 2.22. The van der Waals surface area contributed by atoms with Gasteiger partial charge in [-0.1, -0.05) is 11.6 Å². The van der Waals surface area contributed by atoms with Crippen molar-refractivity contribution in [3.05, 3.63) is 40.6 Å². The lowest BCUT2D eigenvalue weighted by molar-refractivity contribution is 0.0952. The van der Waals surface area contributed by atoms with Crippen molar-refractivity contribution >= 4 is 42.1 Å². The molecule has 0 aromatic carbocycles. The van der Waals surface area contributed by atoms with Crippen molar-refractivity contribution in [2.45, 2.75) is 13.3 Å². The molecule has 0 fully saturated rings. The SMILES string of the molecule is Cc1sc(-c2ccco2)nc1C(=O)NCC1=CCNCC1.Cl.Cl. The van der Waals surface area contributed by atoms with Crippen LogP contribution in [-0.4, -0.2) is 30.5 Å². The fourth-order valence-corrected chi connectivity index (χ4v) is 3.10. The highest BCUT2D eigenvalue weighted by Gasteiger charge is 2.17. The third-order valence-corrected chi connectivity index (χ3v) is 4.36. The molecule has 2 aromatic rings. The van der Waals surface area contributed by atoms with Gasteiger partial charge in [0.15, 0.2) is 10.8 Å². The molecule has 126 valence electrons. The molecule has 0 bridgehead atoms. The van der Waals surface area contributed by atoms with Crippen LogP contribution in [-0.2, 0) is 0 Å². The van der Waals surface area contributed by atoms with Gasteiger partial charge in [0.05, 0.1) is 6.26 Å². The number of hydrogen-bond donors (Lipinski definition) is 2. The van der Waals surface area contributed by atoms with Crippen LogP contribution in [0.5, 0.6) is 0 Å². The second-order valence-electron chi connectivity index (χ2n) is 4.90. The first-order chi connectivity index (χ1) is 10.2. The predicted octanol–water partition coefficient (Wildman–Crippen LogP) is 3.20. The Labute approximate surface area is 151 Å². The van der Waals surface area contributed by atoms with Gasteiger partial charge in [0.25, 0.3) is 5.91 Å². The quantitative estimate of drug-likeness (QED) is 0.805. The molecule has 1 aliphatic heterocycles. The van der Waals surface area contributed by atoms with Gasteiger partial charge in [0.2, 0.25) is 0 Å². The van der Waals surface area contributed by atoms with Crippen LogP contribution in [0.25, 0.3) is 10.8 Å². The van der Waals surface area contributed by atoms with E-state index >= 15 is 0 Å². The molecule has 0 aliphatic carbocycles. The minimum atomic E-state index is -0.124. The smallest absolute Gasteiger partial charge is 0.271 e. The number of rotatable bonds is 4. The molecule has 2 aromatic heterocycles. The van der Waals surface area contributed by atoms with Crippen LogP contribution in [0.4, 0.5) is 0 Å². The van der Waals surface area contributed by atoms with E-state index in [9.17, 15) is 4.79 Å². The van der Waals surface area contributed by atoms with Gasteiger partial charge in [-0.2, -0.15) is 0 Å². The van der Waals surface area contributed by atoms with E-state index in [4.69, 9.17) is 4.42 Å². The monoisotopic (exact) mass is 375 g/mol. The Morgan fingerprint density at radius 3 is 2.96 bits per heavy atom. The number of carbonyl (C=O) groups excluding carboxylic acids is 1. The summed E-state index contributed by atoms with van der Waals surface area (Å²) in [5.41, 5.74) is 1.75. The number of nitrogens with zero attached hydrogens (tertiary/aromatic N) is 1. The number of furan rings is 1. The Morgan fingerprint density at radius 1 is 1.48 bits per heavy atom. The lowest BCUT2D eigenvalue weighted by Gasteiger charge is -2.14. The number of hydrogen-bond acceptors (Lipinski definition) is 5. The van der Waals surface area contributed by atoms with Crippen LogP contribution in [0.3, 0.4) is 0 Å². The number of amides is 1. The van der Waals surface area contributed by atoms with Crippen molar-refractivity contribution in [3.63, 3.8) is 0 Å². The summed E-state index contributed by atoms with van der Waals surface area (Å²) in [7, 11) is 0. The highest BCUT2D eigenvalue weighted by molar-refractivity contribution is 7.15. The van der Waals surface area contributed by atoms with Gasteiger partial charge in [-0.15, -0.1) is 36.2 Å².